The summed E-state index contributed by atoms with van der Waals surface area (Å²) in [6.45, 7) is 4.11. The van der Waals surface area contributed by atoms with Gasteiger partial charge >= 0.3 is 6.09 Å². The Morgan fingerprint density at radius 1 is 1.44 bits per heavy atom. The van der Waals surface area contributed by atoms with E-state index in [1.54, 1.807) is 6.07 Å². The maximum absolute atomic E-state index is 11.2. The first kappa shape index (κ1) is 10.8. The minimum absolute atomic E-state index is 0.115. The number of hydrogen-bond acceptors (Lipinski definition) is 3. The highest BCUT2D eigenvalue weighted by Gasteiger charge is 2.30. The van der Waals surface area contributed by atoms with Gasteiger partial charge in [-0.1, -0.05) is 19.1 Å². The predicted octanol–water partition coefficient (Wildman–Crippen LogP) is 2.29. The lowest BCUT2D eigenvalue weighted by Gasteiger charge is -2.09. The molecule has 0 saturated carbocycles. The number of ether oxygens (including phenoxy) is 2. The van der Waals surface area contributed by atoms with Crippen molar-refractivity contribution < 1.29 is 14.3 Å². The van der Waals surface area contributed by atoms with Crippen LogP contribution in [0.1, 0.15) is 25.3 Å². The van der Waals surface area contributed by atoms with Crippen molar-refractivity contribution in [2.45, 2.75) is 25.9 Å². The summed E-state index contributed by atoms with van der Waals surface area (Å²) in [6, 6.07) is 5.61. The van der Waals surface area contributed by atoms with Crippen LogP contribution in [0, 0.1) is 0 Å². The van der Waals surface area contributed by atoms with E-state index in [-0.39, 0.29) is 6.10 Å². The highest BCUT2D eigenvalue weighted by atomic mass is 16.6. The molecule has 2 unspecified atom stereocenters. The summed E-state index contributed by atoms with van der Waals surface area (Å²) in [7, 11) is 1.53. The highest BCUT2D eigenvalue weighted by Crippen LogP contribution is 2.43. The molecule has 2 atom stereocenters. The van der Waals surface area contributed by atoms with Gasteiger partial charge < -0.3 is 14.8 Å². The Morgan fingerprint density at radius 2 is 2.19 bits per heavy atom. The summed E-state index contributed by atoms with van der Waals surface area (Å²) < 4.78 is 10.8. The van der Waals surface area contributed by atoms with Crippen molar-refractivity contribution in [3.8, 4) is 11.5 Å². The van der Waals surface area contributed by atoms with Crippen LogP contribution in [0.5, 0.6) is 11.5 Å². The fourth-order valence-electron chi connectivity index (χ4n) is 1.79. The van der Waals surface area contributed by atoms with Crippen LogP contribution in [-0.4, -0.2) is 19.2 Å². The third-order valence-corrected chi connectivity index (χ3v) is 2.91. The number of nitrogens with one attached hydrogen (secondary N) is 1. The van der Waals surface area contributed by atoms with Gasteiger partial charge in [-0.05, 0) is 13.0 Å². The first-order chi connectivity index (χ1) is 7.63. The molecule has 0 saturated heterocycles. The second-order valence-electron chi connectivity index (χ2n) is 3.93. The molecule has 1 aromatic carbocycles. The molecule has 2 rings (SSSR count). The maximum atomic E-state index is 11.2. The van der Waals surface area contributed by atoms with Crippen molar-refractivity contribution in [3.05, 3.63) is 23.8 Å². The van der Waals surface area contributed by atoms with Crippen LogP contribution in [0.3, 0.4) is 0 Å². The molecule has 1 aromatic rings. The van der Waals surface area contributed by atoms with Gasteiger partial charge in [0.05, 0.1) is 0 Å². The quantitative estimate of drug-likeness (QED) is 0.791. The summed E-state index contributed by atoms with van der Waals surface area (Å²) in [5.41, 5.74) is 1.09. The fourth-order valence-corrected chi connectivity index (χ4v) is 1.79. The molecule has 1 aliphatic heterocycles. The molecule has 86 valence electrons. The molecule has 0 aromatic heterocycles. The van der Waals surface area contributed by atoms with Gasteiger partial charge in [-0.25, -0.2) is 4.79 Å². The third kappa shape index (κ3) is 1.71. The second kappa shape index (κ2) is 4.04. The summed E-state index contributed by atoms with van der Waals surface area (Å²) in [4.78, 5) is 11.2. The van der Waals surface area contributed by atoms with Gasteiger partial charge in [0.25, 0.3) is 0 Å². The summed E-state index contributed by atoms with van der Waals surface area (Å²) >= 11 is 0. The molecule has 0 radical (unpaired) electrons. The second-order valence-corrected chi connectivity index (χ2v) is 3.93. The number of para-hydroxylation sites is 1. The fraction of sp³-hybridized carbons (Fsp3) is 0.417. The van der Waals surface area contributed by atoms with Crippen LogP contribution in [0.25, 0.3) is 0 Å². The SMILES string of the molecule is CNC(=O)Oc1cccc2c1OC(C)C2C. The van der Waals surface area contributed by atoms with Crippen molar-refractivity contribution in [3.63, 3.8) is 0 Å². The van der Waals surface area contributed by atoms with Crippen LogP contribution in [-0.2, 0) is 0 Å². The zero-order chi connectivity index (χ0) is 11.7. The van der Waals surface area contributed by atoms with E-state index >= 15 is 0 Å². The van der Waals surface area contributed by atoms with E-state index in [2.05, 4.69) is 12.2 Å². The van der Waals surface area contributed by atoms with Crippen LogP contribution < -0.4 is 14.8 Å². The number of benzene rings is 1. The van der Waals surface area contributed by atoms with Gasteiger partial charge in [0, 0.05) is 18.5 Å². The molecular weight excluding hydrogens is 206 g/mol. The number of carbonyl (C=O) groups excluding carboxylic acids is 1. The average molecular weight is 221 g/mol. The summed E-state index contributed by atoms with van der Waals surface area (Å²) in [6.07, 6.45) is -0.367. The lowest BCUT2D eigenvalue weighted by atomic mass is 9.98. The zero-order valence-corrected chi connectivity index (χ0v) is 9.61. The molecule has 1 aliphatic rings. The summed E-state index contributed by atoms with van der Waals surface area (Å²) in [5, 5.41) is 2.41. The van der Waals surface area contributed by atoms with Crippen LogP contribution in [0.4, 0.5) is 4.79 Å². The Labute approximate surface area is 94.6 Å². The summed E-state index contributed by atoms with van der Waals surface area (Å²) in [5.74, 6) is 1.49. The van der Waals surface area contributed by atoms with Gasteiger partial charge in [-0.15, -0.1) is 0 Å². The first-order valence-electron chi connectivity index (χ1n) is 5.32. The van der Waals surface area contributed by atoms with E-state index in [4.69, 9.17) is 9.47 Å². The average Bonchev–Trinajstić information content (AvgIpc) is 2.57. The molecule has 1 N–H and O–H groups in total. The van der Waals surface area contributed by atoms with Crippen LogP contribution >= 0.6 is 0 Å². The normalized spacial score (nSPS) is 22.2. The monoisotopic (exact) mass is 221 g/mol. The molecule has 16 heavy (non-hydrogen) atoms. The third-order valence-electron chi connectivity index (χ3n) is 2.91. The Kier molecular flexibility index (Phi) is 2.73. The minimum Gasteiger partial charge on any atom is -0.486 e. The van der Waals surface area contributed by atoms with Crippen LogP contribution in [0.2, 0.25) is 0 Å². The van der Waals surface area contributed by atoms with E-state index in [0.717, 1.165) is 5.56 Å². The number of carbonyl (C=O) groups is 1. The maximum Gasteiger partial charge on any atom is 0.412 e. The molecule has 0 bridgehead atoms. The smallest absolute Gasteiger partial charge is 0.412 e. The molecule has 0 fully saturated rings. The van der Waals surface area contributed by atoms with E-state index in [0.29, 0.717) is 17.4 Å². The van der Waals surface area contributed by atoms with Gasteiger partial charge in [0.15, 0.2) is 11.5 Å². The molecule has 1 heterocycles. The molecule has 0 spiro atoms. The van der Waals surface area contributed by atoms with Crippen molar-refractivity contribution in [2.24, 2.45) is 0 Å². The van der Waals surface area contributed by atoms with Crippen LogP contribution in [0.15, 0.2) is 18.2 Å². The lowest BCUT2D eigenvalue weighted by molar-refractivity contribution is 0.194. The van der Waals surface area contributed by atoms with E-state index in [9.17, 15) is 4.79 Å². The lowest BCUT2D eigenvalue weighted by Crippen LogP contribution is -2.22. The molecule has 1 amide bonds. The molecule has 4 nitrogen and oxygen atoms in total. The number of hydrogen-bond donors (Lipinski definition) is 1. The predicted molar refractivity (Wildman–Crippen MR) is 60.0 cm³/mol. The topological polar surface area (TPSA) is 47.6 Å². The van der Waals surface area contributed by atoms with E-state index < -0.39 is 6.09 Å². The first-order valence-corrected chi connectivity index (χ1v) is 5.32. The Morgan fingerprint density at radius 3 is 2.88 bits per heavy atom. The van der Waals surface area contributed by atoms with Gasteiger partial charge in [0.2, 0.25) is 0 Å². The van der Waals surface area contributed by atoms with E-state index in [1.807, 2.05) is 19.1 Å². The Hall–Kier alpha value is -1.71. The van der Waals surface area contributed by atoms with Gasteiger partial charge in [-0.3, -0.25) is 0 Å². The number of amides is 1. The molecule has 0 aliphatic carbocycles. The van der Waals surface area contributed by atoms with Crippen molar-refractivity contribution >= 4 is 6.09 Å². The highest BCUT2D eigenvalue weighted by molar-refractivity contribution is 5.71. The van der Waals surface area contributed by atoms with Crippen molar-refractivity contribution in [2.75, 3.05) is 7.05 Å². The molecular formula is C12H15NO3. The van der Waals surface area contributed by atoms with Crippen molar-refractivity contribution in [1.29, 1.82) is 0 Å². The largest absolute Gasteiger partial charge is 0.486 e. The number of rotatable bonds is 1. The molecule has 4 heteroatoms. The Balaban J connectivity index is 2.32. The van der Waals surface area contributed by atoms with Gasteiger partial charge in [-0.2, -0.15) is 0 Å². The Bertz CT molecular complexity index is 417. The standard InChI is InChI=1S/C12H15NO3/c1-7-8(2)15-11-9(7)5-4-6-10(11)16-12(14)13-3/h4-8H,1-3H3,(H,13,14). The minimum atomic E-state index is -0.482. The van der Waals surface area contributed by atoms with Crippen molar-refractivity contribution in [1.82, 2.24) is 5.32 Å². The van der Waals surface area contributed by atoms with Gasteiger partial charge in [0.1, 0.15) is 6.10 Å². The van der Waals surface area contributed by atoms with E-state index in [1.165, 1.54) is 7.05 Å². The zero-order valence-electron chi connectivity index (χ0n) is 9.61. The number of fused-ring (bicyclic) bond motifs is 1.